The van der Waals surface area contributed by atoms with Crippen molar-refractivity contribution in [2.45, 2.75) is 95.4 Å². The lowest BCUT2D eigenvalue weighted by molar-refractivity contribution is -0.466. The molecule has 0 aromatic carbocycles. The van der Waals surface area contributed by atoms with Gasteiger partial charge in [0, 0.05) is 26.4 Å². The molecule has 1 aliphatic rings. The van der Waals surface area contributed by atoms with Gasteiger partial charge in [-0.2, -0.15) is 0 Å². The summed E-state index contributed by atoms with van der Waals surface area (Å²) in [4.78, 5) is 21.3. The Morgan fingerprint density at radius 3 is 2.64 bits per heavy atom. The Labute approximate surface area is 170 Å². The lowest BCUT2D eigenvalue weighted by Crippen LogP contribution is -2.42. The normalized spacial score (nSPS) is 22.0. The van der Waals surface area contributed by atoms with Crippen molar-refractivity contribution >= 4 is 5.97 Å². The van der Waals surface area contributed by atoms with Gasteiger partial charge in [-0.05, 0) is 44.6 Å². The van der Waals surface area contributed by atoms with Crippen LogP contribution in [0.1, 0.15) is 83.5 Å². The Bertz CT molecular complexity index is 521. The van der Waals surface area contributed by atoms with Gasteiger partial charge < -0.3 is 9.84 Å². The van der Waals surface area contributed by atoms with Crippen LogP contribution in [0.4, 0.5) is 0 Å². The zero-order chi connectivity index (χ0) is 20.5. The van der Waals surface area contributed by atoms with Crippen LogP contribution in [0.25, 0.3) is 0 Å². The number of carbonyl (C=O) groups is 1. The largest absolute Gasteiger partial charge is 0.481 e. The molecule has 2 unspecified atom stereocenters. The highest BCUT2D eigenvalue weighted by Gasteiger charge is 2.38. The average molecular weight is 393 g/mol. The molecule has 1 saturated heterocycles. The summed E-state index contributed by atoms with van der Waals surface area (Å²) in [7, 11) is 1.59. The molecule has 0 radical (unpaired) electrons. The summed E-state index contributed by atoms with van der Waals surface area (Å²) in [5.41, 5.74) is 0. The van der Waals surface area contributed by atoms with E-state index >= 15 is 0 Å². The van der Waals surface area contributed by atoms with Crippen molar-refractivity contribution in [1.82, 2.24) is 0 Å². The second-order valence-electron chi connectivity index (χ2n) is 7.26. The fourth-order valence-corrected chi connectivity index (χ4v) is 3.16. The van der Waals surface area contributed by atoms with Crippen LogP contribution in [0.15, 0.2) is 24.8 Å². The number of carboxylic acid groups (broad SMARTS) is 1. The fourth-order valence-electron chi connectivity index (χ4n) is 3.16. The Morgan fingerprint density at radius 1 is 1.25 bits per heavy atom. The third-order valence-corrected chi connectivity index (χ3v) is 4.90. The summed E-state index contributed by atoms with van der Waals surface area (Å²) in [6, 6.07) is 0. The van der Waals surface area contributed by atoms with Crippen molar-refractivity contribution in [3.05, 3.63) is 24.8 Å². The van der Waals surface area contributed by atoms with E-state index in [2.05, 4.69) is 24.5 Å². The molecule has 0 saturated carbocycles. The van der Waals surface area contributed by atoms with Crippen LogP contribution in [0.3, 0.4) is 0 Å². The molecule has 5 nitrogen and oxygen atoms in total. The summed E-state index contributed by atoms with van der Waals surface area (Å²) < 4.78 is 5.48. The van der Waals surface area contributed by atoms with Crippen LogP contribution < -0.4 is 0 Å². The van der Waals surface area contributed by atoms with Gasteiger partial charge in [-0.1, -0.05) is 43.3 Å². The fraction of sp³-hybridized carbons (Fsp3) is 0.696. The smallest absolute Gasteiger partial charge is 0.306 e. The van der Waals surface area contributed by atoms with Crippen molar-refractivity contribution in [3.8, 4) is 11.8 Å². The topological polar surface area (TPSA) is 65.0 Å². The zero-order valence-corrected chi connectivity index (χ0v) is 17.3. The molecule has 0 spiro atoms. The number of hydrogen-bond acceptors (Lipinski definition) is 4. The van der Waals surface area contributed by atoms with E-state index in [1.165, 1.54) is 32.1 Å². The van der Waals surface area contributed by atoms with Crippen LogP contribution in [0.5, 0.6) is 0 Å². The number of ether oxygens (including phenoxy) is 1. The molecule has 0 bridgehead atoms. The first-order valence-electron chi connectivity index (χ1n) is 10.5. The molecule has 0 aromatic rings. The van der Waals surface area contributed by atoms with Crippen LogP contribution in [0, 0.1) is 11.8 Å². The summed E-state index contributed by atoms with van der Waals surface area (Å²) in [6.07, 6.45) is 17.7. The molecule has 0 aromatic heterocycles. The van der Waals surface area contributed by atoms with E-state index in [1.807, 2.05) is 12.2 Å². The van der Waals surface area contributed by atoms with Crippen LogP contribution >= 0.6 is 0 Å². The minimum Gasteiger partial charge on any atom is -0.481 e. The second kappa shape index (κ2) is 15.3. The highest BCUT2D eigenvalue weighted by Crippen LogP contribution is 2.33. The molecule has 5 heteroatoms. The molecule has 1 N–H and O–H groups in total. The molecule has 0 aliphatic carbocycles. The van der Waals surface area contributed by atoms with Crippen LogP contribution in [-0.4, -0.2) is 30.1 Å². The minimum absolute atomic E-state index is 0.0487. The molecule has 28 heavy (non-hydrogen) atoms. The number of hydrogen-bond donors (Lipinski definition) is 1. The van der Waals surface area contributed by atoms with Gasteiger partial charge in [-0.3, -0.25) is 4.79 Å². The predicted octanol–water partition coefficient (Wildman–Crippen LogP) is 5.56. The van der Waals surface area contributed by atoms with Crippen LogP contribution in [-0.2, 0) is 19.3 Å². The Kier molecular flexibility index (Phi) is 13.4. The molecule has 1 aliphatic heterocycles. The highest BCUT2D eigenvalue weighted by atomic mass is 17.2. The second-order valence-corrected chi connectivity index (χ2v) is 7.26. The summed E-state index contributed by atoms with van der Waals surface area (Å²) in [5.74, 6) is 4.57. The van der Waals surface area contributed by atoms with Crippen LogP contribution in [0.2, 0.25) is 0 Å². The van der Waals surface area contributed by atoms with Crippen molar-refractivity contribution in [1.29, 1.82) is 0 Å². The molecule has 2 atom stereocenters. The van der Waals surface area contributed by atoms with E-state index in [9.17, 15) is 4.79 Å². The standard InChI is InChI=1S/C23H36O5/c1-3-4-5-6-7-8-9-10-11-12-13-14-15-16-18-23(26-2)19-17-21(27-28-23)20-22(24)25/h3,11-12,21H,1,4-10,15-20H2,2H3,(H,24,25). The minimum atomic E-state index is -0.884. The van der Waals surface area contributed by atoms with Gasteiger partial charge in [0.15, 0.2) is 0 Å². The number of methoxy groups -OCH3 is 1. The van der Waals surface area contributed by atoms with Gasteiger partial charge >= 0.3 is 5.97 Å². The quantitative estimate of drug-likeness (QED) is 0.181. The summed E-state index contributed by atoms with van der Waals surface area (Å²) in [6.45, 7) is 3.74. The summed E-state index contributed by atoms with van der Waals surface area (Å²) >= 11 is 0. The van der Waals surface area contributed by atoms with Gasteiger partial charge in [-0.25, -0.2) is 9.78 Å². The summed E-state index contributed by atoms with van der Waals surface area (Å²) in [5, 5.41) is 8.81. The molecule has 158 valence electrons. The van der Waals surface area contributed by atoms with Crippen molar-refractivity contribution in [2.24, 2.45) is 0 Å². The van der Waals surface area contributed by atoms with Gasteiger partial charge in [0.25, 0.3) is 0 Å². The molecule has 0 amide bonds. The van der Waals surface area contributed by atoms with E-state index in [-0.39, 0.29) is 6.42 Å². The first-order chi connectivity index (χ1) is 13.6. The van der Waals surface area contributed by atoms with Crippen molar-refractivity contribution < 1.29 is 24.4 Å². The Hall–Kier alpha value is -1.61. The molecule has 1 rings (SSSR count). The Morgan fingerprint density at radius 2 is 2.00 bits per heavy atom. The van der Waals surface area contributed by atoms with Crippen molar-refractivity contribution in [3.63, 3.8) is 0 Å². The van der Waals surface area contributed by atoms with E-state index in [0.717, 1.165) is 25.7 Å². The van der Waals surface area contributed by atoms with E-state index in [4.69, 9.17) is 19.6 Å². The first-order valence-corrected chi connectivity index (χ1v) is 10.5. The third kappa shape index (κ3) is 11.3. The molecular weight excluding hydrogens is 356 g/mol. The number of carboxylic acids is 1. The molecule has 1 heterocycles. The number of unbranched alkanes of at least 4 members (excludes halogenated alkanes) is 7. The number of aliphatic carboxylic acids is 1. The Balaban J connectivity index is 2.09. The maximum atomic E-state index is 10.7. The number of rotatable bonds is 14. The van der Waals surface area contributed by atoms with E-state index < -0.39 is 17.9 Å². The average Bonchev–Trinajstić information content (AvgIpc) is 2.69. The molecule has 1 fully saturated rings. The third-order valence-electron chi connectivity index (χ3n) is 4.90. The first kappa shape index (κ1) is 24.4. The van der Waals surface area contributed by atoms with Gasteiger partial charge in [0.05, 0.1) is 6.42 Å². The maximum absolute atomic E-state index is 10.7. The molecular formula is C23H36O5. The predicted molar refractivity (Wildman–Crippen MR) is 110 cm³/mol. The maximum Gasteiger partial charge on any atom is 0.306 e. The van der Waals surface area contributed by atoms with E-state index in [1.54, 1.807) is 7.11 Å². The SMILES string of the molecule is C=CCCCCCCCC=CC#CCCCC1(OC)CCC(CC(=O)O)OO1. The van der Waals surface area contributed by atoms with Gasteiger partial charge in [0.2, 0.25) is 5.79 Å². The van der Waals surface area contributed by atoms with Crippen molar-refractivity contribution in [2.75, 3.05) is 7.11 Å². The lowest BCUT2D eigenvalue weighted by atomic mass is 9.99. The highest BCUT2D eigenvalue weighted by molar-refractivity contribution is 5.67. The lowest BCUT2D eigenvalue weighted by Gasteiger charge is -2.37. The number of allylic oxidation sites excluding steroid dienone is 3. The zero-order valence-electron chi connectivity index (χ0n) is 17.3. The van der Waals surface area contributed by atoms with E-state index in [0.29, 0.717) is 19.3 Å². The monoisotopic (exact) mass is 392 g/mol. The van der Waals surface area contributed by atoms with Gasteiger partial charge in [-0.15, -0.1) is 6.58 Å². The van der Waals surface area contributed by atoms with Gasteiger partial charge in [0.1, 0.15) is 6.10 Å².